The fourth-order valence-electron chi connectivity index (χ4n) is 9.75. The second-order valence-electron chi connectivity index (χ2n) is 17.4. The van der Waals surface area contributed by atoms with Crippen molar-refractivity contribution in [2.24, 2.45) is 34.5 Å². The molecule has 5 heteroatoms. The Bertz CT molecular complexity index is 1010. The van der Waals surface area contributed by atoms with Crippen LogP contribution in [0.4, 0.5) is 0 Å². The van der Waals surface area contributed by atoms with E-state index in [0.29, 0.717) is 30.0 Å². The minimum atomic E-state index is -1.76. The Balaban J connectivity index is 1.44. The zero-order chi connectivity index (χ0) is 31.4. The molecular weight excluding hydrogens is 536 g/mol. The van der Waals surface area contributed by atoms with Crippen LogP contribution in [0.2, 0.25) is 18.1 Å². The molecule has 9 atom stereocenters. The number of rotatable bonds is 10. The maximum atomic E-state index is 11.9. The summed E-state index contributed by atoms with van der Waals surface area (Å²) in [4.78, 5) is 0. The highest BCUT2D eigenvalue weighted by atomic mass is 28.4. The first-order chi connectivity index (χ1) is 19.3. The molecule has 4 aliphatic rings. The van der Waals surface area contributed by atoms with Gasteiger partial charge in [-0.25, -0.2) is 0 Å². The van der Waals surface area contributed by atoms with E-state index in [9.17, 15) is 5.11 Å². The lowest BCUT2D eigenvalue weighted by atomic mass is 9.47. The molecular formula is C37H66O4Si. The van der Waals surface area contributed by atoms with Gasteiger partial charge in [-0.15, -0.1) is 0 Å². The highest BCUT2D eigenvalue weighted by Gasteiger charge is 2.61. The average molecular weight is 603 g/mol. The third-order valence-electron chi connectivity index (χ3n) is 13.0. The van der Waals surface area contributed by atoms with E-state index in [1.807, 2.05) is 13.8 Å². The van der Waals surface area contributed by atoms with Crippen molar-refractivity contribution in [2.75, 3.05) is 6.61 Å². The molecule has 4 aliphatic carbocycles. The molecule has 2 unspecified atom stereocenters. The molecule has 0 radical (unpaired) electrons. The van der Waals surface area contributed by atoms with Gasteiger partial charge in [0.25, 0.3) is 0 Å². The Morgan fingerprint density at radius 1 is 1.02 bits per heavy atom. The van der Waals surface area contributed by atoms with Crippen molar-refractivity contribution < 1.29 is 19.0 Å². The molecule has 0 bridgehead atoms. The van der Waals surface area contributed by atoms with Crippen LogP contribution in [0.25, 0.3) is 0 Å². The third kappa shape index (κ3) is 6.71. The fraction of sp³-hybridized carbons (Fsp3) is 0.892. The quantitative estimate of drug-likeness (QED) is 0.154. The molecule has 242 valence electrons. The second kappa shape index (κ2) is 12.0. The van der Waals surface area contributed by atoms with Crippen LogP contribution in [-0.2, 0) is 13.9 Å². The van der Waals surface area contributed by atoms with Gasteiger partial charge in [-0.05, 0) is 145 Å². The standard InChI is InChI=1S/C37H66O4Si/c1-13-39-26(2)40-34(6,7)21-14-22-37(10,38)32-18-17-30-29-16-15-27-25-28(41-42(11,12)33(3,4)5)19-23-35(27,8)31(29)20-24-36(30,32)9/h14-15,22,26,28-32,38H,13,16-21,23-25H2,1-12H3/b22-14-/t26?,28?,29-,30-,31-,32-,35-,36-,37-/m0/s1. The molecule has 0 saturated heterocycles. The number of aliphatic hydroxyl groups is 1. The second-order valence-corrected chi connectivity index (χ2v) is 22.2. The Kier molecular flexibility index (Phi) is 9.87. The molecule has 3 saturated carbocycles. The Morgan fingerprint density at radius 2 is 1.71 bits per heavy atom. The van der Waals surface area contributed by atoms with Crippen molar-refractivity contribution in [3.8, 4) is 0 Å². The highest BCUT2D eigenvalue weighted by molar-refractivity contribution is 6.74. The Labute approximate surface area is 260 Å². The van der Waals surface area contributed by atoms with Crippen molar-refractivity contribution in [1.82, 2.24) is 0 Å². The first-order valence-corrected chi connectivity index (χ1v) is 20.2. The summed E-state index contributed by atoms with van der Waals surface area (Å²) in [6.45, 7) is 27.9. The van der Waals surface area contributed by atoms with Crippen molar-refractivity contribution in [3.05, 3.63) is 23.8 Å². The van der Waals surface area contributed by atoms with Gasteiger partial charge in [-0.2, -0.15) is 0 Å². The van der Waals surface area contributed by atoms with Gasteiger partial charge in [-0.3, -0.25) is 0 Å². The van der Waals surface area contributed by atoms with Gasteiger partial charge in [-0.1, -0.05) is 58.4 Å². The smallest absolute Gasteiger partial charge is 0.192 e. The summed E-state index contributed by atoms with van der Waals surface area (Å²) < 4.78 is 18.7. The van der Waals surface area contributed by atoms with Crippen molar-refractivity contribution >= 4 is 8.32 Å². The summed E-state index contributed by atoms with van der Waals surface area (Å²) in [6, 6.07) is 0. The van der Waals surface area contributed by atoms with E-state index < -0.39 is 13.9 Å². The number of hydrogen-bond acceptors (Lipinski definition) is 4. The molecule has 4 rings (SSSR count). The molecule has 4 nitrogen and oxygen atoms in total. The predicted molar refractivity (Wildman–Crippen MR) is 178 cm³/mol. The minimum absolute atomic E-state index is 0.189. The van der Waals surface area contributed by atoms with Crippen LogP contribution < -0.4 is 0 Å². The van der Waals surface area contributed by atoms with Crippen LogP contribution in [0.3, 0.4) is 0 Å². The van der Waals surface area contributed by atoms with Gasteiger partial charge in [0, 0.05) is 12.7 Å². The van der Waals surface area contributed by atoms with E-state index >= 15 is 0 Å². The zero-order valence-electron chi connectivity index (χ0n) is 29.4. The highest BCUT2D eigenvalue weighted by Crippen LogP contribution is 2.67. The zero-order valence-corrected chi connectivity index (χ0v) is 30.4. The molecule has 1 N–H and O–H groups in total. The molecule has 0 heterocycles. The summed E-state index contributed by atoms with van der Waals surface area (Å²) >= 11 is 0. The van der Waals surface area contributed by atoms with Crippen molar-refractivity contribution in [2.45, 2.75) is 169 Å². The van der Waals surface area contributed by atoms with Crippen LogP contribution in [0.15, 0.2) is 23.8 Å². The minimum Gasteiger partial charge on any atom is -0.414 e. The maximum absolute atomic E-state index is 11.9. The summed E-state index contributed by atoms with van der Waals surface area (Å²) in [7, 11) is -1.76. The summed E-state index contributed by atoms with van der Waals surface area (Å²) in [5.74, 6) is 2.51. The molecule has 42 heavy (non-hydrogen) atoms. The number of allylic oxidation sites excluding steroid dienone is 1. The van der Waals surface area contributed by atoms with E-state index in [1.165, 1.54) is 38.5 Å². The summed E-state index contributed by atoms with van der Waals surface area (Å²) in [6.07, 6.45) is 17.6. The van der Waals surface area contributed by atoms with Crippen LogP contribution in [0, 0.1) is 34.5 Å². The molecule has 0 aliphatic heterocycles. The fourth-order valence-corrected chi connectivity index (χ4v) is 11.1. The van der Waals surface area contributed by atoms with E-state index in [-0.39, 0.29) is 22.3 Å². The van der Waals surface area contributed by atoms with Crippen LogP contribution in [0.1, 0.15) is 127 Å². The first kappa shape index (κ1) is 34.4. The van der Waals surface area contributed by atoms with E-state index in [2.05, 4.69) is 86.7 Å². The van der Waals surface area contributed by atoms with Crippen molar-refractivity contribution in [1.29, 1.82) is 0 Å². The lowest BCUT2D eigenvalue weighted by Crippen LogP contribution is -2.53. The van der Waals surface area contributed by atoms with Crippen molar-refractivity contribution in [3.63, 3.8) is 0 Å². The van der Waals surface area contributed by atoms with Gasteiger partial charge < -0.3 is 19.0 Å². The first-order valence-electron chi connectivity index (χ1n) is 17.3. The van der Waals surface area contributed by atoms with Gasteiger partial charge in [0.2, 0.25) is 0 Å². The lowest BCUT2D eigenvalue weighted by Gasteiger charge is -2.59. The van der Waals surface area contributed by atoms with Crippen LogP contribution in [0.5, 0.6) is 0 Å². The largest absolute Gasteiger partial charge is 0.414 e. The summed E-state index contributed by atoms with van der Waals surface area (Å²) in [5, 5.41) is 12.2. The maximum Gasteiger partial charge on any atom is 0.192 e. The average Bonchev–Trinajstić information content (AvgIpc) is 3.21. The van der Waals surface area contributed by atoms with Crippen LogP contribution >= 0.6 is 0 Å². The van der Waals surface area contributed by atoms with E-state index in [1.54, 1.807) is 5.57 Å². The van der Waals surface area contributed by atoms with E-state index in [4.69, 9.17) is 13.9 Å². The normalized spacial score (nSPS) is 37.9. The molecule has 3 fully saturated rings. The molecule has 0 amide bonds. The van der Waals surface area contributed by atoms with Gasteiger partial charge >= 0.3 is 0 Å². The molecule has 0 aromatic heterocycles. The SMILES string of the molecule is CCOC(C)OC(C)(C)C/C=C\[C@](C)(O)[C@H]1CC[C@H]2[C@@H]3CC=C4CC(O[Si](C)(C)C(C)(C)C)CC[C@]4(C)[C@H]3CC[C@@]21C. The van der Waals surface area contributed by atoms with E-state index in [0.717, 1.165) is 31.1 Å². The van der Waals surface area contributed by atoms with Gasteiger partial charge in [0.15, 0.2) is 14.6 Å². The van der Waals surface area contributed by atoms with Gasteiger partial charge in [0.1, 0.15) is 0 Å². The molecule has 0 aromatic rings. The molecule has 0 aromatic carbocycles. The Morgan fingerprint density at radius 3 is 2.36 bits per heavy atom. The monoisotopic (exact) mass is 602 g/mol. The number of hydrogen-bond donors (Lipinski definition) is 1. The Hall–Kier alpha value is -0.463. The van der Waals surface area contributed by atoms with Crippen LogP contribution in [-0.4, -0.2) is 43.6 Å². The van der Waals surface area contributed by atoms with Gasteiger partial charge in [0.05, 0.1) is 11.2 Å². The number of ether oxygens (including phenoxy) is 2. The lowest BCUT2D eigenvalue weighted by molar-refractivity contribution is -0.187. The topological polar surface area (TPSA) is 47.9 Å². The molecule has 0 spiro atoms. The predicted octanol–water partition coefficient (Wildman–Crippen LogP) is 9.83. The number of fused-ring (bicyclic) bond motifs is 5. The summed E-state index contributed by atoms with van der Waals surface area (Å²) in [5.41, 5.74) is 1.07. The third-order valence-corrected chi connectivity index (χ3v) is 17.5.